The van der Waals surface area contributed by atoms with Crippen LogP contribution in [0.2, 0.25) is 0 Å². The fourth-order valence-electron chi connectivity index (χ4n) is 1.80. The molecule has 0 aliphatic carbocycles. The third-order valence-electron chi connectivity index (χ3n) is 3.01. The summed E-state index contributed by atoms with van der Waals surface area (Å²) in [5.41, 5.74) is 1.00. The van der Waals surface area contributed by atoms with Crippen LogP contribution in [0.1, 0.15) is 32.2 Å². The van der Waals surface area contributed by atoms with Crippen molar-refractivity contribution in [2.75, 3.05) is 40.5 Å². The molecule has 1 aromatic rings. The topological polar surface area (TPSA) is 59.8 Å². The van der Waals surface area contributed by atoms with Gasteiger partial charge in [-0.2, -0.15) is 0 Å². The number of rotatable bonds is 10. The third-order valence-corrected chi connectivity index (χ3v) is 3.01. The molecule has 1 rings (SSSR count). The normalized spacial score (nSPS) is 12.3. The Morgan fingerprint density at radius 2 is 1.81 bits per heavy atom. The van der Waals surface area contributed by atoms with Gasteiger partial charge in [0, 0.05) is 45.5 Å². The zero-order valence-corrected chi connectivity index (χ0v) is 13.9. The zero-order chi connectivity index (χ0) is 15.7. The molecule has 0 saturated heterocycles. The van der Waals surface area contributed by atoms with Gasteiger partial charge in [0.25, 0.3) is 0 Å². The lowest BCUT2D eigenvalue weighted by atomic mass is 10.1. The van der Waals surface area contributed by atoms with Gasteiger partial charge in [0.2, 0.25) is 0 Å². The van der Waals surface area contributed by atoms with E-state index in [-0.39, 0.29) is 5.54 Å². The lowest BCUT2D eigenvalue weighted by Gasteiger charge is -2.20. The molecule has 0 radical (unpaired) electrons. The fourth-order valence-corrected chi connectivity index (χ4v) is 1.80. The van der Waals surface area contributed by atoms with Crippen LogP contribution in [0.3, 0.4) is 0 Å². The van der Waals surface area contributed by atoms with Gasteiger partial charge in [0.15, 0.2) is 5.76 Å². The maximum absolute atomic E-state index is 5.41. The molecule has 0 aliphatic heterocycles. The highest BCUT2D eigenvalue weighted by Crippen LogP contribution is 2.09. The van der Waals surface area contributed by atoms with E-state index in [0.717, 1.165) is 31.1 Å². The quantitative estimate of drug-likeness (QED) is 0.709. The molecule has 1 aromatic heterocycles. The van der Waals surface area contributed by atoms with Crippen LogP contribution >= 0.6 is 0 Å². The van der Waals surface area contributed by atoms with Crippen LogP contribution in [-0.2, 0) is 22.6 Å². The van der Waals surface area contributed by atoms with Crippen LogP contribution in [0.25, 0.3) is 0 Å². The highest BCUT2D eigenvalue weighted by atomic mass is 16.5. The van der Waals surface area contributed by atoms with Gasteiger partial charge < -0.3 is 19.3 Å². The van der Waals surface area contributed by atoms with Gasteiger partial charge in [-0.3, -0.25) is 4.90 Å². The average Bonchev–Trinajstić information content (AvgIpc) is 2.86. The number of ether oxygens (including phenoxy) is 2. The van der Waals surface area contributed by atoms with Gasteiger partial charge in [0.1, 0.15) is 0 Å². The first kappa shape index (κ1) is 18.1. The zero-order valence-electron chi connectivity index (χ0n) is 13.9. The van der Waals surface area contributed by atoms with Crippen LogP contribution in [0, 0.1) is 0 Å². The number of nitrogens with zero attached hydrogens (tertiary/aromatic N) is 2. The highest BCUT2D eigenvalue weighted by Gasteiger charge is 2.13. The van der Waals surface area contributed by atoms with Gasteiger partial charge in [-0.15, -0.1) is 0 Å². The maximum atomic E-state index is 5.41. The first-order chi connectivity index (χ1) is 9.94. The Kier molecular flexibility index (Phi) is 7.88. The molecule has 0 aromatic carbocycles. The Bertz CT molecular complexity index is 380. The molecule has 1 N–H and O–H groups in total. The van der Waals surface area contributed by atoms with Crippen molar-refractivity contribution >= 4 is 0 Å². The second kappa shape index (κ2) is 9.15. The Labute approximate surface area is 127 Å². The summed E-state index contributed by atoms with van der Waals surface area (Å²) in [5.74, 6) is 0.868. The van der Waals surface area contributed by atoms with E-state index in [0.29, 0.717) is 19.8 Å². The lowest BCUT2D eigenvalue weighted by Crippen LogP contribution is -2.35. The van der Waals surface area contributed by atoms with E-state index >= 15 is 0 Å². The number of methoxy groups -OCH3 is 2. The minimum atomic E-state index is 0.0715. The predicted octanol–water partition coefficient (Wildman–Crippen LogP) is 1.66. The van der Waals surface area contributed by atoms with Crippen molar-refractivity contribution in [1.82, 2.24) is 15.4 Å². The van der Waals surface area contributed by atoms with Crippen molar-refractivity contribution in [3.8, 4) is 0 Å². The molecule has 6 nitrogen and oxygen atoms in total. The lowest BCUT2D eigenvalue weighted by molar-refractivity contribution is 0.104. The Morgan fingerprint density at radius 1 is 1.19 bits per heavy atom. The Morgan fingerprint density at radius 3 is 2.33 bits per heavy atom. The molecule has 122 valence electrons. The first-order valence-corrected chi connectivity index (χ1v) is 7.34. The number of nitrogens with one attached hydrogen (secondary N) is 1. The van der Waals surface area contributed by atoms with Crippen molar-refractivity contribution in [3.05, 3.63) is 17.5 Å². The van der Waals surface area contributed by atoms with Crippen molar-refractivity contribution in [1.29, 1.82) is 0 Å². The number of aromatic nitrogens is 1. The monoisotopic (exact) mass is 299 g/mol. The van der Waals surface area contributed by atoms with Crippen LogP contribution in [0.4, 0.5) is 0 Å². The summed E-state index contributed by atoms with van der Waals surface area (Å²) in [6.07, 6.45) is 0. The number of hydrogen-bond acceptors (Lipinski definition) is 6. The minimum Gasteiger partial charge on any atom is -0.383 e. The fraction of sp³-hybridized carbons (Fsp3) is 0.800. The predicted molar refractivity (Wildman–Crippen MR) is 82.1 cm³/mol. The van der Waals surface area contributed by atoms with Gasteiger partial charge in [-0.25, -0.2) is 0 Å². The average molecular weight is 299 g/mol. The van der Waals surface area contributed by atoms with E-state index < -0.39 is 0 Å². The molecular weight excluding hydrogens is 270 g/mol. The van der Waals surface area contributed by atoms with E-state index in [9.17, 15) is 0 Å². The second-order valence-corrected chi connectivity index (χ2v) is 6.15. The molecule has 0 amide bonds. The molecule has 0 bridgehead atoms. The molecule has 21 heavy (non-hydrogen) atoms. The molecule has 1 heterocycles. The number of hydrogen-bond donors (Lipinski definition) is 1. The molecule has 0 fully saturated rings. The van der Waals surface area contributed by atoms with Gasteiger partial charge in [-0.05, 0) is 20.8 Å². The van der Waals surface area contributed by atoms with Crippen molar-refractivity contribution in [3.63, 3.8) is 0 Å². The summed E-state index contributed by atoms with van der Waals surface area (Å²) in [4.78, 5) is 2.23. The van der Waals surface area contributed by atoms with E-state index in [1.54, 1.807) is 14.2 Å². The standard InChI is InChI=1S/C15H29N3O3/c1-15(2,3)16-11-13-10-14(21-17-13)12-18(6-8-19-4)7-9-20-5/h10,16H,6-9,11-12H2,1-5H3. The molecule has 0 aliphatic rings. The summed E-state index contributed by atoms with van der Waals surface area (Å²) in [6.45, 7) is 10.9. The SMILES string of the molecule is COCCN(CCOC)Cc1cc(CNC(C)(C)C)no1. The Hall–Kier alpha value is -0.950. The second-order valence-electron chi connectivity index (χ2n) is 6.15. The Balaban J connectivity index is 2.49. The summed E-state index contributed by atoms with van der Waals surface area (Å²) in [6, 6.07) is 2.01. The third kappa shape index (κ3) is 8.16. The van der Waals surface area contributed by atoms with Crippen LogP contribution in [0.5, 0.6) is 0 Å². The van der Waals surface area contributed by atoms with Gasteiger partial charge in [-0.1, -0.05) is 5.16 Å². The van der Waals surface area contributed by atoms with Gasteiger partial charge >= 0.3 is 0 Å². The highest BCUT2D eigenvalue weighted by molar-refractivity contribution is 5.05. The van der Waals surface area contributed by atoms with Crippen LogP contribution in [-0.4, -0.2) is 56.1 Å². The molecule has 0 unspecified atom stereocenters. The maximum Gasteiger partial charge on any atom is 0.151 e. The van der Waals surface area contributed by atoms with E-state index in [1.807, 2.05) is 6.07 Å². The summed E-state index contributed by atoms with van der Waals surface area (Å²) in [5, 5.41) is 7.50. The first-order valence-electron chi connectivity index (χ1n) is 7.34. The molecule has 6 heteroatoms. The van der Waals surface area contributed by atoms with Crippen molar-refractivity contribution in [2.45, 2.75) is 39.4 Å². The van der Waals surface area contributed by atoms with Crippen molar-refractivity contribution in [2.24, 2.45) is 0 Å². The smallest absolute Gasteiger partial charge is 0.151 e. The molecule has 0 spiro atoms. The van der Waals surface area contributed by atoms with E-state index in [1.165, 1.54) is 0 Å². The summed E-state index contributed by atoms with van der Waals surface area (Å²) < 4.78 is 15.7. The largest absolute Gasteiger partial charge is 0.383 e. The van der Waals surface area contributed by atoms with Crippen molar-refractivity contribution < 1.29 is 14.0 Å². The van der Waals surface area contributed by atoms with E-state index in [4.69, 9.17) is 14.0 Å². The van der Waals surface area contributed by atoms with Crippen LogP contribution in [0.15, 0.2) is 10.6 Å². The van der Waals surface area contributed by atoms with Gasteiger partial charge in [0.05, 0.1) is 25.5 Å². The minimum absolute atomic E-state index is 0.0715. The summed E-state index contributed by atoms with van der Waals surface area (Å²) >= 11 is 0. The molecule has 0 saturated carbocycles. The molecular formula is C15H29N3O3. The van der Waals surface area contributed by atoms with Crippen LogP contribution < -0.4 is 5.32 Å². The summed E-state index contributed by atoms with van der Waals surface area (Å²) in [7, 11) is 3.42. The van der Waals surface area contributed by atoms with E-state index in [2.05, 4.69) is 36.1 Å². The molecule has 0 atom stereocenters.